The maximum Gasteiger partial charge on any atom is 0.264 e. The minimum atomic E-state index is -0.453. The van der Waals surface area contributed by atoms with Gasteiger partial charge in [-0.1, -0.05) is 24.3 Å². The Labute approximate surface area is 177 Å². The van der Waals surface area contributed by atoms with Gasteiger partial charge in [-0.3, -0.25) is 19.0 Å². The van der Waals surface area contributed by atoms with Gasteiger partial charge in [0, 0.05) is 19.8 Å². The number of carbonyl (C=O) groups is 1. The van der Waals surface area contributed by atoms with E-state index in [1.165, 1.54) is 23.2 Å². The second-order valence-electron chi connectivity index (χ2n) is 7.30. The number of aryl methyl sites for hydroxylation is 2. The molecule has 158 valence electrons. The zero-order valence-corrected chi connectivity index (χ0v) is 17.3. The molecule has 0 aliphatic carbocycles. The van der Waals surface area contributed by atoms with E-state index in [2.05, 4.69) is 15.4 Å². The molecule has 0 saturated heterocycles. The summed E-state index contributed by atoms with van der Waals surface area (Å²) in [6.45, 7) is 2.99. The fraction of sp³-hybridized carbons (Fsp3) is 0.227. The highest BCUT2D eigenvalue weighted by Crippen LogP contribution is 2.10. The van der Waals surface area contributed by atoms with Crippen molar-refractivity contribution in [2.24, 2.45) is 7.05 Å². The minimum absolute atomic E-state index is 0.0764. The molecule has 0 aliphatic heterocycles. The number of rotatable bonds is 6. The summed E-state index contributed by atoms with van der Waals surface area (Å²) in [5.74, 6) is -0.453. The second-order valence-corrected chi connectivity index (χ2v) is 7.30. The van der Waals surface area contributed by atoms with Crippen molar-refractivity contribution in [3.8, 4) is 0 Å². The van der Waals surface area contributed by atoms with Crippen LogP contribution in [0.3, 0.4) is 0 Å². The molecule has 0 radical (unpaired) electrons. The quantitative estimate of drug-likeness (QED) is 0.505. The molecule has 4 rings (SSSR count). The number of fused-ring (bicyclic) bond motifs is 1. The van der Waals surface area contributed by atoms with Gasteiger partial charge >= 0.3 is 0 Å². The number of carbonyl (C=O) groups excluding carboxylic acids is 1. The lowest BCUT2D eigenvalue weighted by Gasteiger charge is -2.09. The number of hydrogen-bond donors (Lipinski definition) is 1. The lowest BCUT2D eigenvalue weighted by Crippen LogP contribution is -2.33. The topological polar surface area (TPSA) is 104 Å². The SMILES string of the molecule is Cc1ccccc1Cn1cnc2c(cnn2CCNC(=O)c2cccn(C)c2=O)c1=O. The predicted molar refractivity (Wildman–Crippen MR) is 116 cm³/mol. The lowest BCUT2D eigenvalue weighted by molar-refractivity contribution is 0.0950. The first-order valence-corrected chi connectivity index (χ1v) is 9.85. The van der Waals surface area contributed by atoms with Crippen LogP contribution in [0.25, 0.3) is 11.0 Å². The van der Waals surface area contributed by atoms with Crippen molar-refractivity contribution in [1.29, 1.82) is 0 Å². The van der Waals surface area contributed by atoms with Gasteiger partial charge in [0.25, 0.3) is 17.0 Å². The summed E-state index contributed by atoms with van der Waals surface area (Å²) in [5.41, 5.74) is 2.15. The van der Waals surface area contributed by atoms with Crippen LogP contribution in [0.2, 0.25) is 0 Å². The summed E-state index contributed by atoms with van der Waals surface area (Å²) in [7, 11) is 1.59. The standard InChI is InChI=1S/C22H22N6O3/c1-15-6-3-4-7-16(15)13-27-14-24-19-18(22(27)31)12-25-28(19)11-9-23-20(29)17-8-5-10-26(2)21(17)30/h3-8,10,12,14H,9,11,13H2,1-2H3,(H,23,29). The summed E-state index contributed by atoms with van der Waals surface area (Å²) < 4.78 is 4.48. The molecule has 3 aromatic heterocycles. The van der Waals surface area contributed by atoms with Crippen LogP contribution in [0.5, 0.6) is 0 Å². The van der Waals surface area contributed by atoms with Crippen molar-refractivity contribution < 1.29 is 4.79 Å². The van der Waals surface area contributed by atoms with Crippen molar-refractivity contribution in [3.63, 3.8) is 0 Å². The number of hydrogen-bond acceptors (Lipinski definition) is 5. The van der Waals surface area contributed by atoms with Crippen molar-refractivity contribution in [3.05, 3.63) is 92.5 Å². The van der Waals surface area contributed by atoms with Crippen LogP contribution in [0.1, 0.15) is 21.5 Å². The third-order valence-electron chi connectivity index (χ3n) is 5.20. The van der Waals surface area contributed by atoms with E-state index >= 15 is 0 Å². The van der Waals surface area contributed by atoms with Gasteiger partial charge in [0.15, 0.2) is 5.65 Å². The van der Waals surface area contributed by atoms with E-state index in [0.29, 0.717) is 24.1 Å². The number of aromatic nitrogens is 5. The fourth-order valence-electron chi connectivity index (χ4n) is 3.39. The zero-order chi connectivity index (χ0) is 22.0. The fourth-order valence-corrected chi connectivity index (χ4v) is 3.39. The van der Waals surface area contributed by atoms with E-state index in [4.69, 9.17) is 0 Å². The molecule has 9 nitrogen and oxygen atoms in total. The molecule has 1 aromatic carbocycles. The van der Waals surface area contributed by atoms with Gasteiger partial charge in [0.2, 0.25) is 0 Å². The summed E-state index contributed by atoms with van der Waals surface area (Å²) in [4.78, 5) is 41.6. The summed E-state index contributed by atoms with van der Waals surface area (Å²) in [6, 6.07) is 11.0. The molecule has 0 bridgehead atoms. The van der Waals surface area contributed by atoms with Crippen LogP contribution in [-0.2, 0) is 20.1 Å². The average molecular weight is 418 g/mol. The van der Waals surface area contributed by atoms with E-state index in [9.17, 15) is 14.4 Å². The van der Waals surface area contributed by atoms with Crippen LogP contribution >= 0.6 is 0 Å². The first-order chi connectivity index (χ1) is 15.0. The third kappa shape index (κ3) is 4.02. The average Bonchev–Trinajstić information content (AvgIpc) is 3.17. The molecule has 0 spiro atoms. The van der Waals surface area contributed by atoms with E-state index in [-0.39, 0.29) is 23.2 Å². The number of amides is 1. The molecule has 3 heterocycles. The van der Waals surface area contributed by atoms with Gasteiger partial charge in [-0.25, -0.2) is 9.67 Å². The molecule has 1 amide bonds. The minimum Gasteiger partial charge on any atom is -0.350 e. The van der Waals surface area contributed by atoms with Crippen molar-refractivity contribution in [2.45, 2.75) is 20.0 Å². The monoisotopic (exact) mass is 418 g/mol. The number of nitrogens with zero attached hydrogens (tertiary/aromatic N) is 5. The Morgan fingerprint density at radius 3 is 2.71 bits per heavy atom. The van der Waals surface area contributed by atoms with E-state index < -0.39 is 5.91 Å². The van der Waals surface area contributed by atoms with Crippen molar-refractivity contribution >= 4 is 16.9 Å². The number of benzene rings is 1. The highest BCUT2D eigenvalue weighted by atomic mass is 16.2. The maximum absolute atomic E-state index is 12.9. The molecule has 1 N–H and O–H groups in total. The second kappa shape index (κ2) is 8.39. The molecule has 0 aliphatic rings. The third-order valence-corrected chi connectivity index (χ3v) is 5.20. The van der Waals surface area contributed by atoms with Gasteiger partial charge in [-0.05, 0) is 30.2 Å². The Kier molecular flexibility index (Phi) is 5.48. The smallest absolute Gasteiger partial charge is 0.264 e. The Balaban J connectivity index is 1.48. The van der Waals surface area contributed by atoms with Crippen LogP contribution in [0, 0.1) is 6.92 Å². The largest absolute Gasteiger partial charge is 0.350 e. The summed E-state index contributed by atoms with van der Waals surface area (Å²) >= 11 is 0. The van der Waals surface area contributed by atoms with E-state index in [1.807, 2.05) is 31.2 Å². The normalized spacial score (nSPS) is 11.0. The first-order valence-electron chi connectivity index (χ1n) is 9.85. The van der Waals surface area contributed by atoms with Crippen LogP contribution < -0.4 is 16.4 Å². The molecule has 4 aromatic rings. The van der Waals surface area contributed by atoms with Crippen molar-refractivity contribution in [2.75, 3.05) is 6.54 Å². The van der Waals surface area contributed by atoms with Crippen molar-refractivity contribution in [1.82, 2.24) is 29.2 Å². The first kappa shape index (κ1) is 20.3. The van der Waals surface area contributed by atoms with Crippen LogP contribution in [-0.4, -0.2) is 36.4 Å². The molecule has 9 heteroatoms. The lowest BCUT2D eigenvalue weighted by atomic mass is 10.1. The molecule has 31 heavy (non-hydrogen) atoms. The Morgan fingerprint density at radius 1 is 1.10 bits per heavy atom. The van der Waals surface area contributed by atoms with E-state index in [0.717, 1.165) is 11.1 Å². The number of nitrogens with one attached hydrogen (secondary N) is 1. The summed E-state index contributed by atoms with van der Waals surface area (Å²) in [6.07, 6.45) is 4.60. The van der Waals surface area contributed by atoms with Gasteiger partial charge in [-0.15, -0.1) is 0 Å². The van der Waals surface area contributed by atoms with Crippen LogP contribution in [0.4, 0.5) is 0 Å². The molecular formula is C22H22N6O3. The predicted octanol–water partition coefficient (Wildman–Crippen LogP) is 1.08. The van der Waals surface area contributed by atoms with Gasteiger partial charge in [0.05, 0.1) is 19.3 Å². The molecule has 0 atom stereocenters. The zero-order valence-electron chi connectivity index (χ0n) is 17.3. The van der Waals surface area contributed by atoms with Crippen LogP contribution in [0.15, 0.2) is 64.7 Å². The van der Waals surface area contributed by atoms with Gasteiger partial charge in [0.1, 0.15) is 17.3 Å². The molecule has 0 fully saturated rings. The van der Waals surface area contributed by atoms with Gasteiger partial charge in [-0.2, -0.15) is 5.10 Å². The Morgan fingerprint density at radius 2 is 1.90 bits per heavy atom. The van der Waals surface area contributed by atoms with E-state index in [1.54, 1.807) is 28.6 Å². The highest BCUT2D eigenvalue weighted by Gasteiger charge is 2.13. The number of pyridine rings is 1. The summed E-state index contributed by atoms with van der Waals surface area (Å²) in [5, 5.41) is 7.37. The molecular weight excluding hydrogens is 396 g/mol. The molecule has 0 saturated carbocycles. The molecule has 0 unspecified atom stereocenters. The maximum atomic E-state index is 12.9. The van der Waals surface area contributed by atoms with Gasteiger partial charge < -0.3 is 9.88 Å². The Bertz CT molecular complexity index is 1380. The highest BCUT2D eigenvalue weighted by molar-refractivity contribution is 5.93. The Hall–Kier alpha value is -4.01.